The molecule has 3 aromatic rings. The molecule has 1 aromatic carbocycles. The van der Waals surface area contributed by atoms with Gasteiger partial charge >= 0.3 is 10.2 Å². The smallest absolute Gasteiger partial charge is 0.301 e. The van der Waals surface area contributed by atoms with Gasteiger partial charge in [0.15, 0.2) is 5.82 Å². The van der Waals surface area contributed by atoms with Crippen LogP contribution in [0.2, 0.25) is 0 Å². The first-order valence-electron chi connectivity index (χ1n) is 13.4. The van der Waals surface area contributed by atoms with E-state index in [-0.39, 0.29) is 5.91 Å². The predicted octanol–water partition coefficient (Wildman–Crippen LogP) is 3.05. The van der Waals surface area contributed by atoms with Crippen molar-refractivity contribution in [1.82, 2.24) is 19.2 Å². The van der Waals surface area contributed by atoms with E-state index in [2.05, 4.69) is 25.6 Å². The Morgan fingerprint density at radius 2 is 1.82 bits per heavy atom. The molecule has 11 heteroatoms. The molecule has 39 heavy (non-hydrogen) atoms. The largest absolute Gasteiger partial charge is 0.352 e. The van der Waals surface area contributed by atoms with Crippen molar-refractivity contribution < 1.29 is 13.2 Å². The molecule has 0 unspecified atom stereocenters. The molecule has 1 N–H and O–H groups in total. The van der Waals surface area contributed by atoms with Gasteiger partial charge in [0.1, 0.15) is 0 Å². The van der Waals surface area contributed by atoms with Crippen LogP contribution in [0.4, 0.5) is 17.2 Å². The SMILES string of the molecule is CCN(C)S(=O)(=O)Nc1cc(-c2ccc3ncc4c(c3c2)C2(CCC2)C(=O)N4C)cnc1N1CC(N(C)C)C1. The number of fused-ring (bicyclic) bond motifs is 4. The van der Waals surface area contributed by atoms with Gasteiger partial charge in [0.25, 0.3) is 0 Å². The van der Waals surface area contributed by atoms with Crippen LogP contribution >= 0.6 is 0 Å². The molecule has 3 aliphatic rings. The quantitative estimate of drug-likeness (QED) is 0.483. The average molecular weight is 550 g/mol. The fourth-order valence-corrected chi connectivity index (χ4v) is 6.86. The maximum atomic E-state index is 13.2. The monoisotopic (exact) mass is 549 g/mol. The minimum Gasteiger partial charge on any atom is -0.352 e. The average Bonchev–Trinajstić information content (AvgIpc) is 3.09. The molecule has 2 aliphatic heterocycles. The lowest BCUT2D eigenvalue weighted by atomic mass is 9.64. The number of likely N-dealkylation sites (N-methyl/N-ethyl adjacent to an activating group) is 2. The molecule has 4 heterocycles. The Morgan fingerprint density at radius 1 is 1.08 bits per heavy atom. The lowest BCUT2D eigenvalue weighted by Gasteiger charge is -2.44. The van der Waals surface area contributed by atoms with Crippen LogP contribution in [0.5, 0.6) is 0 Å². The second-order valence-electron chi connectivity index (χ2n) is 11.2. The van der Waals surface area contributed by atoms with Gasteiger partial charge in [-0.25, -0.2) is 4.98 Å². The normalized spacial score (nSPS) is 18.7. The van der Waals surface area contributed by atoms with Gasteiger partial charge in [-0.2, -0.15) is 12.7 Å². The van der Waals surface area contributed by atoms with Gasteiger partial charge in [-0.3, -0.25) is 14.5 Å². The Kier molecular flexibility index (Phi) is 6.09. The fraction of sp³-hybridized carbons (Fsp3) is 0.464. The zero-order valence-corrected chi connectivity index (χ0v) is 23.9. The maximum Gasteiger partial charge on any atom is 0.301 e. The van der Waals surface area contributed by atoms with Crippen molar-refractivity contribution in [3.05, 3.63) is 42.2 Å². The van der Waals surface area contributed by atoms with Crippen molar-refractivity contribution in [2.45, 2.75) is 37.6 Å². The summed E-state index contributed by atoms with van der Waals surface area (Å²) in [5.74, 6) is 0.769. The van der Waals surface area contributed by atoms with E-state index >= 15 is 0 Å². The summed E-state index contributed by atoms with van der Waals surface area (Å²) in [6, 6.07) is 8.28. The number of amides is 1. The summed E-state index contributed by atoms with van der Waals surface area (Å²) in [7, 11) is 3.73. The zero-order valence-electron chi connectivity index (χ0n) is 23.1. The number of nitrogens with one attached hydrogen (secondary N) is 1. The third kappa shape index (κ3) is 3.97. The zero-order chi connectivity index (χ0) is 27.7. The molecule has 10 nitrogen and oxygen atoms in total. The Labute approximate surface area is 229 Å². The van der Waals surface area contributed by atoms with E-state index in [4.69, 9.17) is 4.98 Å². The number of anilines is 3. The van der Waals surface area contributed by atoms with E-state index in [1.165, 1.54) is 4.31 Å². The van der Waals surface area contributed by atoms with Gasteiger partial charge in [0.05, 0.1) is 28.5 Å². The third-order valence-corrected chi connectivity index (χ3v) is 10.4. The number of benzene rings is 1. The van der Waals surface area contributed by atoms with Crippen LogP contribution in [0, 0.1) is 0 Å². The maximum absolute atomic E-state index is 13.2. The van der Waals surface area contributed by atoms with Gasteiger partial charge in [-0.1, -0.05) is 19.4 Å². The van der Waals surface area contributed by atoms with Crippen LogP contribution in [-0.2, 0) is 20.4 Å². The number of carbonyl (C=O) groups excluding carboxylic acids is 1. The van der Waals surface area contributed by atoms with Crippen LogP contribution in [0.15, 0.2) is 36.7 Å². The number of nitrogens with zero attached hydrogens (tertiary/aromatic N) is 6. The molecule has 6 rings (SSSR count). The highest BCUT2D eigenvalue weighted by atomic mass is 32.2. The Morgan fingerprint density at radius 3 is 2.46 bits per heavy atom. The first kappa shape index (κ1) is 26.0. The van der Waals surface area contributed by atoms with Crippen molar-refractivity contribution in [1.29, 1.82) is 0 Å². The van der Waals surface area contributed by atoms with E-state index in [9.17, 15) is 13.2 Å². The van der Waals surface area contributed by atoms with Gasteiger partial charge in [-0.15, -0.1) is 0 Å². The molecule has 1 amide bonds. The lowest BCUT2D eigenvalue weighted by Crippen LogP contribution is -2.58. The molecule has 1 saturated heterocycles. The molecule has 2 aromatic heterocycles. The Balaban J connectivity index is 1.44. The molecule has 1 spiro atoms. The Bertz CT molecular complexity index is 1580. The van der Waals surface area contributed by atoms with Crippen molar-refractivity contribution in [2.75, 3.05) is 62.3 Å². The summed E-state index contributed by atoms with van der Waals surface area (Å²) in [5, 5.41) is 0.968. The van der Waals surface area contributed by atoms with Crippen LogP contribution < -0.4 is 14.5 Å². The second kappa shape index (κ2) is 9.14. The first-order chi connectivity index (χ1) is 18.6. The molecule has 1 aliphatic carbocycles. The molecule has 1 saturated carbocycles. The number of hydrogen-bond donors (Lipinski definition) is 1. The van der Waals surface area contributed by atoms with E-state index in [0.717, 1.165) is 65.6 Å². The van der Waals surface area contributed by atoms with Gasteiger partial charge in [-0.05, 0) is 50.7 Å². The number of pyridine rings is 2. The van der Waals surface area contributed by atoms with E-state index in [1.54, 1.807) is 25.1 Å². The Hall–Kier alpha value is -3.28. The van der Waals surface area contributed by atoms with Crippen LogP contribution in [0.1, 0.15) is 31.7 Å². The highest BCUT2D eigenvalue weighted by molar-refractivity contribution is 7.90. The van der Waals surface area contributed by atoms with Gasteiger partial charge in [0, 0.05) is 62.5 Å². The van der Waals surface area contributed by atoms with Crippen LogP contribution in [-0.4, -0.2) is 87.4 Å². The molecule has 2 fully saturated rings. The highest BCUT2D eigenvalue weighted by Crippen LogP contribution is 2.55. The topological polar surface area (TPSA) is 102 Å². The number of carbonyl (C=O) groups is 1. The third-order valence-electron chi connectivity index (χ3n) is 8.80. The van der Waals surface area contributed by atoms with E-state index < -0.39 is 15.6 Å². The van der Waals surface area contributed by atoms with Gasteiger partial charge < -0.3 is 14.7 Å². The van der Waals surface area contributed by atoms with Crippen molar-refractivity contribution in [3.8, 4) is 11.1 Å². The number of hydrogen-bond acceptors (Lipinski definition) is 7. The second-order valence-corrected chi connectivity index (χ2v) is 13.0. The first-order valence-corrected chi connectivity index (χ1v) is 14.9. The summed E-state index contributed by atoms with van der Waals surface area (Å²) < 4.78 is 30.1. The standard InChI is InChI=1S/C28H35N7O3S/c1-6-33(4)39(37,38)31-23-13-19(14-30-26(23)35-16-20(17-35)32(2)3)18-8-9-22-21(12-18)25-24(15-29-22)34(5)27(36)28(25)10-7-11-28/h8-9,12-15,20,31H,6-7,10-11,16-17H2,1-5H3. The highest BCUT2D eigenvalue weighted by Gasteiger charge is 2.54. The molecule has 0 atom stereocenters. The molecular weight excluding hydrogens is 514 g/mol. The molecule has 0 radical (unpaired) electrons. The number of rotatable bonds is 7. The van der Waals surface area contributed by atoms with Crippen molar-refractivity contribution in [2.24, 2.45) is 0 Å². The summed E-state index contributed by atoms with van der Waals surface area (Å²) in [6.07, 6.45) is 6.35. The lowest BCUT2D eigenvalue weighted by molar-refractivity contribution is -0.125. The fourth-order valence-electron chi connectivity index (χ4n) is 5.93. The summed E-state index contributed by atoms with van der Waals surface area (Å²) in [5.41, 5.74) is 4.47. The van der Waals surface area contributed by atoms with Gasteiger partial charge in [0.2, 0.25) is 5.91 Å². The molecule has 206 valence electrons. The predicted molar refractivity (Wildman–Crippen MR) is 154 cm³/mol. The molecular formula is C28H35N7O3S. The van der Waals surface area contributed by atoms with E-state index in [0.29, 0.717) is 24.1 Å². The van der Waals surface area contributed by atoms with Crippen LogP contribution in [0.25, 0.3) is 22.0 Å². The summed E-state index contributed by atoms with van der Waals surface area (Å²) in [4.78, 5) is 28.6. The minimum absolute atomic E-state index is 0.150. The van der Waals surface area contributed by atoms with Crippen LogP contribution in [0.3, 0.4) is 0 Å². The van der Waals surface area contributed by atoms with Crippen molar-refractivity contribution in [3.63, 3.8) is 0 Å². The summed E-state index contributed by atoms with van der Waals surface area (Å²) in [6.45, 7) is 3.69. The van der Waals surface area contributed by atoms with E-state index in [1.807, 2.05) is 45.5 Å². The minimum atomic E-state index is -3.75. The number of aromatic nitrogens is 2. The summed E-state index contributed by atoms with van der Waals surface area (Å²) >= 11 is 0. The molecule has 0 bridgehead atoms. The van der Waals surface area contributed by atoms with Crippen molar-refractivity contribution >= 4 is 44.2 Å².